The van der Waals surface area contributed by atoms with Crippen LogP contribution in [0.15, 0.2) is 0 Å². The Bertz CT molecular complexity index is 166. The lowest BCUT2D eigenvalue weighted by atomic mass is 9.82. The van der Waals surface area contributed by atoms with Gasteiger partial charge in [0, 0.05) is 0 Å². The highest BCUT2D eigenvalue weighted by Crippen LogP contribution is 2.25. The van der Waals surface area contributed by atoms with E-state index in [2.05, 4.69) is 5.32 Å². The number of ether oxygens (including phenoxy) is 1. The summed E-state index contributed by atoms with van der Waals surface area (Å²) in [6, 6.07) is 0. The molecule has 0 atom stereocenters. The van der Waals surface area contributed by atoms with Crippen molar-refractivity contribution in [3.63, 3.8) is 0 Å². The number of carbonyl (C=O) groups is 1. The number of esters is 1. The van der Waals surface area contributed by atoms with Gasteiger partial charge in [0.15, 0.2) is 0 Å². The van der Waals surface area contributed by atoms with Gasteiger partial charge in [-0.25, -0.2) is 0 Å². The molecular weight excluding hydrogens is 170 g/mol. The Morgan fingerprint density at radius 3 is 2.85 bits per heavy atom. The first-order chi connectivity index (χ1) is 6.22. The molecule has 13 heavy (non-hydrogen) atoms. The van der Waals surface area contributed by atoms with Gasteiger partial charge in [-0.3, -0.25) is 4.79 Å². The highest BCUT2D eigenvalue weighted by Gasteiger charge is 2.26. The van der Waals surface area contributed by atoms with Gasteiger partial charge in [-0.1, -0.05) is 0 Å². The number of carbonyl (C=O) groups excluding carboxylic acids is 1. The molecule has 0 spiro atoms. The number of hydrogen-bond donors (Lipinski definition) is 2. The van der Waals surface area contributed by atoms with E-state index in [1.54, 1.807) is 6.92 Å². The molecule has 0 heterocycles. The fourth-order valence-electron chi connectivity index (χ4n) is 1.46. The molecule has 0 aromatic heterocycles. The Morgan fingerprint density at radius 1 is 1.62 bits per heavy atom. The fourth-order valence-corrected chi connectivity index (χ4v) is 1.46. The van der Waals surface area contributed by atoms with Crippen molar-refractivity contribution in [2.45, 2.75) is 25.9 Å². The van der Waals surface area contributed by atoms with Crippen LogP contribution in [-0.4, -0.2) is 36.9 Å². The Balaban J connectivity index is 1.92. The Morgan fingerprint density at radius 2 is 2.31 bits per heavy atom. The van der Waals surface area contributed by atoms with E-state index in [4.69, 9.17) is 9.84 Å². The summed E-state index contributed by atoms with van der Waals surface area (Å²) < 4.78 is 4.75. The van der Waals surface area contributed by atoms with Crippen LogP contribution >= 0.6 is 0 Å². The predicted molar refractivity (Wildman–Crippen MR) is 48.2 cm³/mol. The van der Waals surface area contributed by atoms with Crippen LogP contribution in [0.5, 0.6) is 0 Å². The zero-order chi connectivity index (χ0) is 9.68. The normalized spacial score (nSPS) is 26.6. The minimum atomic E-state index is -0.206. The molecule has 1 rings (SSSR count). The van der Waals surface area contributed by atoms with Crippen LogP contribution in [0.4, 0.5) is 0 Å². The number of nitrogens with one attached hydrogen (secondary N) is 1. The lowest BCUT2D eigenvalue weighted by molar-refractivity contribution is -0.142. The number of rotatable bonds is 5. The van der Waals surface area contributed by atoms with Crippen LogP contribution in [-0.2, 0) is 9.53 Å². The SMILES string of the molecule is CCOC(=O)CNCC1CC(O)C1. The molecule has 76 valence electrons. The maximum absolute atomic E-state index is 10.9. The number of aliphatic hydroxyl groups is 1. The summed E-state index contributed by atoms with van der Waals surface area (Å²) >= 11 is 0. The van der Waals surface area contributed by atoms with Crippen LogP contribution in [0, 0.1) is 5.92 Å². The van der Waals surface area contributed by atoms with Crippen LogP contribution in [0.25, 0.3) is 0 Å². The zero-order valence-electron chi connectivity index (χ0n) is 7.95. The number of hydrogen-bond acceptors (Lipinski definition) is 4. The van der Waals surface area contributed by atoms with Crippen molar-refractivity contribution in [3.8, 4) is 0 Å². The van der Waals surface area contributed by atoms with E-state index in [0.29, 0.717) is 12.5 Å². The highest BCUT2D eigenvalue weighted by molar-refractivity contribution is 5.71. The van der Waals surface area contributed by atoms with E-state index in [9.17, 15) is 4.79 Å². The molecule has 1 saturated carbocycles. The first-order valence-corrected chi connectivity index (χ1v) is 4.76. The van der Waals surface area contributed by atoms with Gasteiger partial charge in [0.1, 0.15) is 0 Å². The maximum Gasteiger partial charge on any atom is 0.319 e. The lowest BCUT2D eigenvalue weighted by Crippen LogP contribution is -2.38. The highest BCUT2D eigenvalue weighted by atomic mass is 16.5. The average Bonchev–Trinajstić information content (AvgIpc) is 2.01. The fraction of sp³-hybridized carbons (Fsp3) is 0.889. The summed E-state index contributed by atoms with van der Waals surface area (Å²) in [4.78, 5) is 10.9. The van der Waals surface area contributed by atoms with E-state index in [0.717, 1.165) is 19.4 Å². The molecular formula is C9H17NO3. The van der Waals surface area contributed by atoms with Gasteiger partial charge < -0.3 is 15.2 Å². The van der Waals surface area contributed by atoms with Crippen molar-refractivity contribution in [2.24, 2.45) is 5.92 Å². The zero-order valence-corrected chi connectivity index (χ0v) is 7.95. The minimum Gasteiger partial charge on any atom is -0.465 e. The summed E-state index contributed by atoms with van der Waals surface area (Å²) in [5.41, 5.74) is 0. The monoisotopic (exact) mass is 187 g/mol. The molecule has 0 saturated heterocycles. The summed E-state index contributed by atoms with van der Waals surface area (Å²) in [6.07, 6.45) is 1.60. The third-order valence-electron chi connectivity index (χ3n) is 2.22. The van der Waals surface area contributed by atoms with Crippen molar-refractivity contribution in [3.05, 3.63) is 0 Å². The molecule has 0 amide bonds. The maximum atomic E-state index is 10.9. The molecule has 4 heteroatoms. The summed E-state index contributed by atoms with van der Waals surface area (Å²) in [5.74, 6) is 0.326. The molecule has 0 aliphatic heterocycles. The first kappa shape index (κ1) is 10.5. The Labute approximate surface area is 78.3 Å². The van der Waals surface area contributed by atoms with Gasteiger partial charge in [0.25, 0.3) is 0 Å². The molecule has 1 fully saturated rings. The second-order valence-electron chi connectivity index (χ2n) is 3.43. The molecule has 2 N–H and O–H groups in total. The van der Waals surface area contributed by atoms with Crippen molar-refractivity contribution in [1.29, 1.82) is 0 Å². The van der Waals surface area contributed by atoms with Crippen molar-refractivity contribution >= 4 is 5.97 Å². The third-order valence-corrected chi connectivity index (χ3v) is 2.22. The number of aliphatic hydroxyl groups excluding tert-OH is 1. The second kappa shape index (κ2) is 5.19. The molecule has 1 aliphatic carbocycles. The van der Waals surface area contributed by atoms with Gasteiger partial charge >= 0.3 is 5.97 Å². The quantitative estimate of drug-likeness (QED) is 0.591. The van der Waals surface area contributed by atoms with Gasteiger partial charge in [-0.15, -0.1) is 0 Å². The largest absolute Gasteiger partial charge is 0.465 e. The van der Waals surface area contributed by atoms with Crippen molar-refractivity contribution in [1.82, 2.24) is 5.32 Å². The van der Waals surface area contributed by atoms with E-state index in [-0.39, 0.29) is 18.6 Å². The van der Waals surface area contributed by atoms with Crippen molar-refractivity contribution in [2.75, 3.05) is 19.7 Å². The minimum absolute atomic E-state index is 0.116. The Kier molecular flexibility index (Phi) is 4.18. The molecule has 0 radical (unpaired) electrons. The van der Waals surface area contributed by atoms with Gasteiger partial charge in [-0.2, -0.15) is 0 Å². The molecule has 1 aliphatic rings. The Hall–Kier alpha value is -0.610. The van der Waals surface area contributed by atoms with E-state index in [1.165, 1.54) is 0 Å². The van der Waals surface area contributed by atoms with Crippen LogP contribution in [0.2, 0.25) is 0 Å². The summed E-state index contributed by atoms with van der Waals surface area (Å²) in [7, 11) is 0. The predicted octanol–water partition coefficient (Wildman–Crippen LogP) is -0.0900. The van der Waals surface area contributed by atoms with Crippen LogP contribution in [0.1, 0.15) is 19.8 Å². The third kappa shape index (κ3) is 3.74. The van der Waals surface area contributed by atoms with Crippen molar-refractivity contribution < 1.29 is 14.6 Å². The molecule has 0 unspecified atom stereocenters. The standard InChI is InChI=1S/C9H17NO3/c1-2-13-9(12)6-10-5-7-3-8(11)4-7/h7-8,10-11H,2-6H2,1H3. The smallest absolute Gasteiger partial charge is 0.319 e. The molecule has 0 aromatic carbocycles. The average molecular weight is 187 g/mol. The summed E-state index contributed by atoms with van der Waals surface area (Å²) in [5, 5.41) is 12.0. The van der Waals surface area contributed by atoms with Gasteiger partial charge in [0.05, 0.1) is 19.3 Å². The first-order valence-electron chi connectivity index (χ1n) is 4.76. The molecule has 4 nitrogen and oxygen atoms in total. The van der Waals surface area contributed by atoms with E-state index >= 15 is 0 Å². The van der Waals surface area contributed by atoms with Crippen LogP contribution in [0.3, 0.4) is 0 Å². The van der Waals surface area contributed by atoms with Crippen LogP contribution < -0.4 is 5.32 Å². The van der Waals surface area contributed by atoms with Gasteiger partial charge in [0.2, 0.25) is 0 Å². The lowest BCUT2D eigenvalue weighted by Gasteiger charge is -2.31. The van der Waals surface area contributed by atoms with E-state index in [1.807, 2.05) is 0 Å². The second-order valence-corrected chi connectivity index (χ2v) is 3.43. The summed E-state index contributed by atoms with van der Waals surface area (Å²) in [6.45, 7) is 3.30. The molecule has 0 aromatic rings. The van der Waals surface area contributed by atoms with E-state index < -0.39 is 0 Å². The topological polar surface area (TPSA) is 58.6 Å². The molecule has 0 bridgehead atoms. The van der Waals surface area contributed by atoms with Gasteiger partial charge in [-0.05, 0) is 32.2 Å².